The Morgan fingerprint density at radius 2 is 1.74 bits per heavy atom. The Morgan fingerprint density at radius 1 is 0.926 bits per heavy atom. The summed E-state index contributed by atoms with van der Waals surface area (Å²) in [6.07, 6.45) is 3.19. The van der Waals surface area contributed by atoms with Crippen LogP contribution in [0.3, 0.4) is 0 Å². The molecule has 0 fully saturated rings. The van der Waals surface area contributed by atoms with Crippen molar-refractivity contribution >= 4 is 22.4 Å². The van der Waals surface area contributed by atoms with Gasteiger partial charge in [0.25, 0.3) is 0 Å². The number of anilines is 2. The molecule has 0 aliphatic rings. The van der Waals surface area contributed by atoms with Gasteiger partial charge < -0.3 is 15.4 Å². The van der Waals surface area contributed by atoms with Crippen molar-refractivity contribution in [2.75, 3.05) is 17.7 Å². The first kappa shape index (κ1) is 16.8. The molecule has 0 amide bonds. The van der Waals surface area contributed by atoms with Crippen LogP contribution in [0.5, 0.6) is 11.6 Å². The molecule has 2 aromatic carbocycles. The van der Waals surface area contributed by atoms with Gasteiger partial charge in [-0.2, -0.15) is 4.98 Å². The zero-order chi connectivity index (χ0) is 18.6. The Labute approximate surface area is 157 Å². The molecule has 2 N–H and O–H groups in total. The van der Waals surface area contributed by atoms with Gasteiger partial charge in [0.15, 0.2) is 11.6 Å². The second-order valence-corrected chi connectivity index (χ2v) is 6.19. The summed E-state index contributed by atoms with van der Waals surface area (Å²) in [5, 5.41) is 0.990. The predicted octanol–water partition coefficient (Wildman–Crippen LogP) is 4.04. The molecule has 4 rings (SSSR count). The van der Waals surface area contributed by atoms with Gasteiger partial charge in [-0.05, 0) is 17.7 Å². The summed E-state index contributed by atoms with van der Waals surface area (Å²) in [7, 11) is 1.94. The quantitative estimate of drug-likeness (QED) is 0.581. The number of hydrogen-bond acceptors (Lipinski definition) is 6. The van der Waals surface area contributed by atoms with Gasteiger partial charge in [-0.1, -0.05) is 48.5 Å². The van der Waals surface area contributed by atoms with Crippen molar-refractivity contribution < 1.29 is 4.74 Å². The average molecular weight is 357 g/mol. The van der Waals surface area contributed by atoms with Gasteiger partial charge in [-0.25, -0.2) is 4.98 Å². The van der Waals surface area contributed by atoms with Crippen molar-refractivity contribution in [1.29, 1.82) is 0 Å². The molecule has 27 heavy (non-hydrogen) atoms. The van der Waals surface area contributed by atoms with Crippen LogP contribution < -0.4 is 15.4 Å². The molecule has 0 saturated heterocycles. The van der Waals surface area contributed by atoms with E-state index in [-0.39, 0.29) is 0 Å². The first-order chi connectivity index (χ1) is 13.2. The Kier molecular flexibility index (Phi) is 4.53. The van der Waals surface area contributed by atoms with Crippen LogP contribution in [0.25, 0.3) is 10.9 Å². The Balaban J connectivity index is 1.64. The van der Waals surface area contributed by atoms with Crippen LogP contribution in [0, 0.1) is 0 Å². The first-order valence-corrected chi connectivity index (χ1v) is 8.59. The molecule has 0 aliphatic carbocycles. The van der Waals surface area contributed by atoms with Crippen molar-refractivity contribution in [2.45, 2.75) is 6.54 Å². The Bertz CT molecular complexity index is 1060. The highest BCUT2D eigenvalue weighted by molar-refractivity contribution is 5.84. The molecular formula is C21H19N5O. The van der Waals surface area contributed by atoms with E-state index in [4.69, 9.17) is 10.5 Å². The minimum Gasteiger partial charge on any atom is -0.435 e. The predicted molar refractivity (Wildman–Crippen MR) is 107 cm³/mol. The van der Waals surface area contributed by atoms with E-state index in [9.17, 15) is 0 Å². The highest BCUT2D eigenvalue weighted by Gasteiger charge is 2.15. The van der Waals surface area contributed by atoms with Gasteiger partial charge in [-0.15, -0.1) is 0 Å². The fourth-order valence-corrected chi connectivity index (χ4v) is 2.95. The van der Waals surface area contributed by atoms with Crippen LogP contribution in [-0.4, -0.2) is 22.0 Å². The lowest BCUT2D eigenvalue weighted by atomic mass is 10.2. The third-order valence-electron chi connectivity index (χ3n) is 4.25. The minimum atomic E-state index is 0.318. The lowest BCUT2D eigenvalue weighted by molar-refractivity contribution is 0.468. The van der Waals surface area contributed by atoms with Crippen molar-refractivity contribution in [3.63, 3.8) is 0 Å². The van der Waals surface area contributed by atoms with Crippen molar-refractivity contribution in [3.05, 3.63) is 78.8 Å². The SMILES string of the molecule is CN(Cc1ccccc1)c1ncnc(Oc2cccc3cccnc23)c1N. The summed E-state index contributed by atoms with van der Waals surface area (Å²) in [5.41, 5.74) is 8.64. The molecule has 6 heteroatoms. The van der Waals surface area contributed by atoms with E-state index in [2.05, 4.69) is 27.1 Å². The standard InChI is InChI=1S/C21H19N5O/c1-26(13-15-7-3-2-4-8-15)20-18(22)21(25-14-24-20)27-17-11-5-9-16-10-6-12-23-19(16)17/h2-12,14H,13,22H2,1H3. The molecule has 0 aliphatic heterocycles. The first-order valence-electron chi connectivity index (χ1n) is 8.59. The summed E-state index contributed by atoms with van der Waals surface area (Å²) in [6.45, 7) is 0.678. The maximum Gasteiger partial charge on any atom is 0.248 e. The molecule has 0 spiro atoms. The monoisotopic (exact) mass is 357 g/mol. The number of hydrogen-bond donors (Lipinski definition) is 1. The average Bonchev–Trinajstić information content (AvgIpc) is 2.70. The number of fused-ring (bicyclic) bond motifs is 1. The number of pyridine rings is 1. The minimum absolute atomic E-state index is 0.318. The number of aromatic nitrogens is 3. The lowest BCUT2D eigenvalue weighted by Gasteiger charge is -2.20. The van der Waals surface area contributed by atoms with Crippen LogP contribution in [-0.2, 0) is 6.54 Å². The van der Waals surface area contributed by atoms with Crippen LogP contribution in [0.4, 0.5) is 11.5 Å². The number of nitrogens with zero attached hydrogens (tertiary/aromatic N) is 4. The van der Waals surface area contributed by atoms with Gasteiger partial charge in [-0.3, -0.25) is 4.98 Å². The van der Waals surface area contributed by atoms with Gasteiger partial charge in [0.05, 0.1) is 0 Å². The van der Waals surface area contributed by atoms with Crippen LogP contribution >= 0.6 is 0 Å². The van der Waals surface area contributed by atoms with Crippen LogP contribution in [0.2, 0.25) is 0 Å². The third-order valence-corrected chi connectivity index (χ3v) is 4.25. The summed E-state index contributed by atoms with van der Waals surface area (Å²) in [4.78, 5) is 14.9. The molecule has 4 aromatic rings. The van der Waals surface area contributed by atoms with E-state index in [0.717, 1.165) is 10.9 Å². The number of nitrogen functional groups attached to an aromatic ring is 1. The van der Waals surface area contributed by atoms with Gasteiger partial charge in [0.1, 0.15) is 17.5 Å². The lowest BCUT2D eigenvalue weighted by Crippen LogP contribution is -2.19. The van der Waals surface area contributed by atoms with E-state index >= 15 is 0 Å². The van der Waals surface area contributed by atoms with E-state index in [1.165, 1.54) is 11.9 Å². The largest absolute Gasteiger partial charge is 0.435 e. The van der Waals surface area contributed by atoms with Gasteiger partial charge in [0, 0.05) is 25.2 Å². The topological polar surface area (TPSA) is 77.2 Å². The van der Waals surface area contributed by atoms with Crippen LogP contribution in [0.15, 0.2) is 73.2 Å². The third kappa shape index (κ3) is 3.50. The number of ether oxygens (including phenoxy) is 1. The zero-order valence-electron chi connectivity index (χ0n) is 14.9. The van der Waals surface area contributed by atoms with Crippen molar-refractivity contribution in [2.24, 2.45) is 0 Å². The summed E-state index contributed by atoms with van der Waals surface area (Å²) >= 11 is 0. The summed E-state index contributed by atoms with van der Waals surface area (Å²) in [6, 6.07) is 19.8. The smallest absolute Gasteiger partial charge is 0.248 e. The van der Waals surface area contributed by atoms with E-state index in [1.807, 2.05) is 60.5 Å². The highest BCUT2D eigenvalue weighted by atomic mass is 16.5. The van der Waals surface area contributed by atoms with E-state index in [0.29, 0.717) is 29.7 Å². The maximum absolute atomic E-state index is 6.32. The van der Waals surface area contributed by atoms with Crippen LogP contribution in [0.1, 0.15) is 5.56 Å². The molecule has 0 saturated carbocycles. The second kappa shape index (κ2) is 7.29. The molecule has 0 bridgehead atoms. The Hall–Kier alpha value is -3.67. The number of para-hydroxylation sites is 1. The fraction of sp³-hybridized carbons (Fsp3) is 0.0952. The molecule has 6 nitrogen and oxygen atoms in total. The van der Waals surface area contributed by atoms with E-state index < -0.39 is 0 Å². The molecule has 2 aromatic heterocycles. The number of rotatable bonds is 5. The maximum atomic E-state index is 6.32. The van der Waals surface area contributed by atoms with Crippen molar-refractivity contribution in [3.8, 4) is 11.6 Å². The molecule has 2 heterocycles. The molecule has 0 unspecified atom stereocenters. The van der Waals surface area contributed by atoms with Gasteiger partial charge in [0.2, 0.25) is 5.88 Å². The molecule has 134 valence electrons. The molecule has 0 radical (unpaired) electrons. The van der Waals surface area contributed by atoms with Crippen molar-refractivity contribution in [1.82, 2.24) is 15.0 Å². The second-order valence-electron chi connectivity index (χ2n) is 6.19. The highest BCUT2D eigenvalue weighted by Crippen LogP contribution is 2.33. The summed E-state index contributed by atoms with van der Waals surface area (Å²) in [5.74, 6) is 1.55. The fourth-order valence-electron chi connectivity index (χ4n) is 2.95. The number of benzene rings is 2. The normalized spacial score (nSPS) is 10.7. The van der Waals surface area contributed by atoms with E-state index in [1.54, 1.807) is 6.20 Å². The zero-order valence-corrected chi connectivity index (χ0v) is 14.9. The number of nitrogens with two attached hydrogens (primary N) is 1. The van der Waals surface area contributed by atoms with Gasteiger partial charge >= 0.3 is 0 Å². The Morgan fingerprint density at radius 3 is 2.59 bits per heavy atom. The molecule has 0 atom stereocenters. The molecular weight excluding hydrogens is 338 g/mol. The summed E-state index contributed by atoms with van der Waals surface area (Å²) < 4.78 is 6.00.